The van der Waals surface area contributed by atoms with Gasteiger partial charge in [-0.1, -0.05) is 12.1 Å². The molecule has 0 bridgehead atoms. The fourth-order valence-corrected chi connectivity index (χ4v) is 2.40. The molecule has 1 heterocycles. The van der Waals surface area contributed by atoms with Gasteiger partial charge < -0.3 is 4.57 Å². The molecule has 0 saturated carbocycles. The molecule has 0 spiro atoms. The minimum Gasteiger partial charge on any atom is -0.327 e. The number of halogens is 1. The topological polar surface area (TPSA) is 34.4 Å². The number of thiazole rings is 1. The molecule has 0 saturated heterocycles. The summed E-state index contributed by atoms with van der Waals surface area (Å²) in [6.45, 7) is 0. The molecule has 0 fully saturated rings. The van der Waals surface area contributed by atoms with E-state index in [1.165, 1.54) is 11.3 Å². The highest BCUT2D eigenvalue weighted by molar-refractivity contribution is 9.10. The van der Waals surface area contributed by atoms with Gasteiger partial charge in [0.1, 0.15) is 0 Å². The molecule has 0 atom stereocenters. The second-order valence-corrected chi connectivity index (χ2v) is 4.92. The first-order valence-corrected chi connectivity index (χ1v) is 6.29. The van der Waals surface area contributed by atoms with E-state index in [-0.39, 0.29) is 5.91 Å². The zero-order valence-electron chi connectivity index (χ0n) is 8.55. The number of aromatic nitrogens is 1. The predicted molar refractivity (Wildman–Crippen MR) is 67.3 cm³/mol. The Kier molecular flexibility index (Phi) is 3.36. The number of hydrogen-bond donors (Lipinski definition) is 0. The smallest absolute Gasteiger partial charge is 0.280 e. The number of nitrogens with zero attached hydrogens (tertiary/aromatic N) is 2. The Balaban J connectivity index is 2.43. The quantitative estimate of drug-likeness (QED) is 0.796. The average Bonchev–Trinajstić information content (AvgIpc) is 2.65. The van der Waals surface area contributed by atoms with E-state index in [4.69, 9.17) is 0 Å². The lowest BCUT2D eigenvalue weighted by Crippen LogP contribution is -2.12. The van der Waals surface area contributed by atoms with Crippen molar-refractivity contribution in [1.82, 2.24) is 4.57 Å². The van der Waals surface area contributed by atoms with Gasteiger partial charge in [-0.25, -0.2) is 0 Å². The molecule has 1 aromatic heterocycles. The van der Waals surface area contributed by atoms with Crippen molar-refractivity contribution >= 4 is 33.2 Å². The van der Waals surface area contributed by atoms with E-state index in [1.807, 2.05) is 41.4 Å². The van der Waals surface area contributed by atoms with Crippen LogP contribution in [0.1, 0.15) is 10.4 Å². The third kappa shape index (κ3) is 2.31. The van der Waals surface area contributed by atoms with Crippen molar-refractivity contribution in [2.24, 2.45) is 12.0 Å². The molecule has 0 aliphatic carbocycles. The van der Waals surface area contributed by atoms with E-state index in [0.29, 0.717) is 10.4 Å². The van der Waals surface area contributed by atoms with Gasteiger partial charge >= 0.3 is 0 Å². The lowest BCUT2D eigenvalue weighted by atomic mass is 10.2. The summed E-state index contributed by atoms with van der Waals surface area (Å²) in [5.41, 5.74) is 0.580. The standard InChI is InChI=1S/C11H9BrN2OS/c1-14-6-7-16-11(14)13-10(15)8-4-2-3-5-9(8)12/h2-7H,1H3. The summed E-state index contributed by atoms with van der Waals surface area (Å²) >= 11 is 4.77. The van der Waals surface area contributed by atoms with Crippen molar-refractivity contribution in [3.05, 3.63) is 50.7 Å². The maximum Gasteiger partial charge on any atom is 0.280 e. The van der Waals surface area contributed by atoms with Gasteiger partial charge in [-0.2, -0.15) is 4.99 Å². The highest BCUT2D eigenvalue weighted by atomic mass is 79.9. The van der Waals surface area contributed by atoms with Crippen LogP contribution in [-0.4, -0.2) is 10.5 Å². The van der Waals surface area contributed by atoms with E-state index >= 15 is 0 Å². The summed E-state index contributed by atoms with van der Waals surface area (Å²) in [4.78, 5) is 16.6. The van der Waals surface area contributed by atoms with Crippen molar-refractivity contribution < 1.29 is 4.79 Å². The molecule has 16 heavy (non-hydrogen) atoms. The molecule has 5 heteroatoms. The summed E-state index contributed by atoms with van der Waals surface area (Å²) < 4.78 is 2.59. The third-order valence-corrected chi connectivity index (χ3v) is 3.60. The Hall–Kier alpha value is -1.20. The number of hydrogen-bond acceptors (Lipinski definition) is 2. The molecule has 1 amide bonds. The summed E-state index contributed by atoms with van der Waals surface area (Å²) in [5, 5.41) is 1.89. The van der Waals surface area contributed by atoms with Crippen molar-refractivity contribution in [3.8, 4) is 0 Å². The number of rotatable bonds is 1. The number of carbonyl (C=O) groups excluding carboxylic acids is 1. The summed E-state index contributed by atoms with van der Waals surface area (Å²) in [7, 11) is 1.86. The van der Waals surface area contributed by atoms with Crippen molar-refractivity contribution in [3.63, 3.8) is 0 Å². The van der Waals surface area contributed by atoms with Gasteiger partial charge in [0.15, 0.2) is 4.80 Å². The van der Waals surface area contributed by atoms with Gasteiger partial charge in [0.2, 0.25) is 0 Å². The lowest BCUT2D eigenvalue weighted by Gasteiger charge is -1.97. The molecule has 0 aliphatic rings. The number of amides is 1. The van der Waals surface area contributed by atoms with Gasteiger partial charge in [0.05, 0.1) is 5.56 Å². The first-order chi connectivity index (χ1) is 7.68. The second-order valence-electron chi connectivity index (χ2n) is 3.19. The van der Waals surface area contributed by atoms with Gasteiger partial charge in [-0.15, -0.1) is 11.3 Å². The Labute approximate surface area is 105 Å². The van der Waals surface area contributed by atoms with Crippen molar-refractivity contribution in [2.45, 2.75) is 0 Å². The molecule has 2 aromatic rings. The van der Waals surface area contributed by atoms with E-state index in [1.54, 1.807) is 6.07 Å². The minimum absolute atomic E-state index is 0.231. The van der Waals surface area contributed by atoms with Crippen LogP contribution in [0, 0.1) is 0 Å². The fourth-order valence-electron chi connectivity index (χ4n) is 1.22. The Morgan fingerprint density at radius 3 is 2.81 bits per heavy atom. The third-order valence-electron chi connectivity index (χ3n) is 2.06. The van der Waals surface area contributed by atoms with Crippen molar-refractivity contribution in [1.29, 1.82) is 0 Å². The number of aryl methyl sites for hydroxylation is 1. The Morgan fingerprint density at radius 1 is 1.44 bits per heavy atom. The Morgan fingerprint density at radius 2 is 2.19 bits per heavy atom. The van der Waals surface area contributed by atoms with Crippen LogP contribution in [-0.2, 0) is 7.05 Å². The number of carbonyl (C=O) groups is 1. The molecular formula is C11H9BrN2OS. The predicted octanol–water partition coefficient (Wildman–Crippen LogP) is 2.59. The summed E-state index contributed by atoms with van der Waals surface area (Å²) in [6.07, 6.45) is 1.87. The molecule has 1 aromatic carbocycles. The molecule has 82 valence electrons. The van der Waals surface area contributed by atoms with Gasteiger partial charge in [-0.3, -0.25) is 4.79 Å². The van der Waals surface area contributed by atoms with Crippen LogP contribution in [0.2, 0.25) is 0 Å². The minimum atomic E-state index is -0.231. The number of benzene rings is 1. The zero-order chi connectivity index (χ0) is 11.5. The monoisotopic (exact) mass is 296 g/mol. The van der Waals surface area contributed by atoms with E-state index in [0.717, 1.165) is 4.47 Å². The Bertz CT molecular complexity index is 585. The first kappa shape index (κ1) is 11.3. The maximum absolute atomic E-state index is 11.9. The van der Waals surface area contributed by atoms with Crippen LogP contribution >= 0.6 is 27.3 Å². The van der Waals surface area contributed by atoms with Crippen LogP contribution in [0.3, 0.4) is 0 Å². The van der Waals surface area contributed by atoms with Crippen LogP contribution < -0.4 is 4.80 Å². The normalized spacial score (nSPS) is 11.8. The largest absolute Gasteiger partial charge is 0.327 e. The van der Waals surface area contributed by atoms with Gasteiger partial charge in [0, 0.05) is 23.1 Å². The fraction of sp³-hybridized carbons (Fsp3) is 0.0909. The lowest BCUT2D eigenvalue weighted by molar-refractivity contribution is 0.0997. The molecule has 3 nitrogen and oxygen atoms in total. The summed E-state index contributed by atoms with van der Waals surface area (Å²) in [6, 6.07) is 7.27. The maximum atomic E-state index is 11.9. The summed E-state index contributed by atoms with van der Waals surface area (Å²) in [5.74, 6) is -0.231. The average molecular weight is 297 g/mol. The highest BCUT2D eigenvalue weighted by Gasteiger charge is 2.07. The van der Waals surface area contributed by atoms with Crippen LogP contribution in [0.4, 0.5) is 0 Å². The molecular weight excluding hydrogens is 288 g/mol. The van der Waals surface area contributed by atoms with E-state index in [2.05, 4.69) is 20.9 Å². The first-order valence-electron chi connectivity index (χ1n) is 4.62. The molecule has 0 unspecified atom stereocenters. The molecule has 0 radical (unpaired) electrons. The SMILES string of the molecule is Cn1ccsc1=NC(=O)c1ccccc1Br. The molecule has 2 rings (SSSR count). The van der Waals surface area contributed by atoms with Gasteiger partial charge in [-0.05, 0) is 28.1 Å². The van der Waals surface area contributed by atoms with Crippen molar-refractivity contribution in [2.75, 3.05) is 0 Å². The molecule has 0 N–H and O–H groups in total. The zero-order valence-corrected chi connectivity index (χ0v) is 11.0. The van der Waals surface area contributed by atoms with Gasteiger partial charge in [0.25, 0.3) is 5.91 Å². The van der Waals surface area contributed by atoms with Crippen LogP contribution in [0.15, 0.2) is 45.3 Å². The second kappa shape index (κ2) is 4.76. The van der Waals surface area contributed by atoms with E-state index in [9.17, 15) is 4.79 Å². The van der Waals surface area contributed by atoms with Crippen LogP contribution in [0.25, 0.3) is 0 Å². The highest BCUT2D eigenvalue weighted by Crippen LogP contribution is 2.16. The van der Waals surface area contributed by atoms with E-state index < -0.39 is 0 Å². The molecule has 0 aliphatic heterocycles. The van der Waals surface area contributed by atoms with Crippen LogP contribution in [0.5, 0.6) is 0 Å².